The molecule has 0 atom stereocenters. The molecule has 1 aliphatic heterocycles. The number of amides is 2. The number of nitro groups is 1. The Hall–Kier alpha value is -2.38. The molecule has 0 aliphatic carbocycles. The Labute approximate surface area is 114 Å². The zero-order valence-corrected chi connectivity index (χ0v) is 10.8. The van der Waals surface area contributed by atoms with Crippen molar-refractivity contribution in [3.63, 3.8) is 0 Å². The van der Waals surface area contributed by atoms with Gasteiger partial charge in [-0.05, 0) is 25.3 Å². The summed E-state index contributed by atoms with van der Waals surface area (Å²) in [5.41, 5.74) is 0. The van der Waals surface area contributed by atoms with Gasteiger partial charge in [0.1, 0.15) is 4.92 Å². The maximum absolute atomic E-state index is 11.8. The molecular weight excluding hydrogens is 266 g/mol. The largest absolute Gasteiger partial charge is 0.433 e. The summed E-state index contributed by atoms with van der Waals surface area (Å²) in [5.74, 6) is -1.47. The number of furan rings is 1. The Morgan fingerprint density at radius 1 is 1.30 bits per heavy atom. The highest BCUT2D eigenvalue weighted by molar-refractivity contribution is 5.94. The number of rotatable bonds is 4. The van der Waals surface area contributed by atoms with Crippen molar-refractivity contribution in [1.82, 2.24) is 10.2 Å². The van der Waals surface area contributed by atoms with Crippen molar-refractivity contribution < 1.29 is 18.9 Å². The summed E-state index contributed by atoms with van der Waals surface area (Å²) >= 11 is 0. The molecule has 1 aromatic rings. The quantitative estimate of drug-likeness (QED) is 0.652. The van der Waals surface area contributed by atoms with Gasteiger partial charge in [0.25, 0.3) is 5.91 Å². The van der Waals surface area contributed by atoms with Crippen molar-refractivity contribution in [2.75, 3.05) is 19.6 Å². The molecule has 0 aromatic carbocycles. The molecule has 2 rings (SSSR count). The number of hydrogen-bond acceptors (Lipinski definition) is 5. The van der Waals surface area contributed by atoms with Gasteiger partial charge in [-0.25, -0.2) is 0 Å². The molecule has 2 amide bonds. The first kappa shape index (κ1) is 14.0. The van der Waals surface area contributed by atoms with Crippen LogP contribution in [-0.4, -0.2) is 41.3 Å². The summed E-state index contributed by atoms with van der Waals surface area (Å²) < 4.78 is 4.75. The van der Waals surface area contributed by atoms with Crippen LogP contribution in [0.25, 0.3) is 0 Å². The van der Waals surface area contributed by atoms with E-state index in [9.17, 15) is 19.7 Å². The molecule has 20 heavy (non-hydrogen) atoms. The highest BCUT2D eigenvalue weighted by atomic mass is 16.6. The van der Waals surface area contributed by atoms with Crippen LogP contribution in [0.5, 0.6) is 0 Å². The molecular formula is C12H15N3O5. The zero-order valence-electron chi connectivity index (χ0n) is 10.8. The second-order valence-corrected chi connectivity index (χ2v) is 4.52. The van der Waals surface area contributed by atoms with E-state index in [0.29, 0.717) is 13.1 Å². The third-order valence-corrected chi connectivity index (χ3v) is 3.10. The lowest BCUT2D eigenvalue weighted by atomic mass is 10.1. The lowest BCUT2D eigenvalue weighted by Gasteiger charge is -2.26. The number of nitrogens with zero attached hydrogens (tertiary/aromatic N) is 2. The predicted molar refractivity (Wildman–Crippen MR) is 68.1 cm³/mol. The second-order valence-electron chi connectivity index (χ2n) is 4.52. The molecule has 8 heteroatoms. The normalized spacial score (nSPS) is 14.9. The lowest BCUT2D eigenvalue weighted by Crippen LogP contribution is -2.42. The van der Waals surface area contributed by atoms with Crippen molar-refractivity contribution in [3.05, 3.63) is 28.0 Å². The number of hydrogen-bond donors (Lipinski definition) is 1. The monoisotopic (exact) mass is 281 g/mol. The van der Waals surface area contributed by atoms with Gasteiger partial charge >= 0.3 is 5.88 Å². The number of nitrogens with one attached hydrogen (secondary N) is 1. The van der Waals surface area contributed by atoms with Crippen LogP contribution in [-0.2, 0) is 4.79 Å². The van der Waals surface area contributed by atoms with E-state index in [1.807, 2.05) is 0 Å². The van der Waals surface area contributed by atoms with Crippen LogP contribution in [0.15, 0.2) is 16.5 Å². The van der Waals surface area contributed by atoms with Crippen molar-refractivity contribution in [2.24, 2.45) is 0 Å². The van der Waals surface area contributed by atoms with Crippen molar-refractivity contribution in [2.45, 2.75) is 19.3 Å². The minimum absolute atomic E-state index is 0.132. The molecule has 0 saturated carbocycles. The van der Waals surface area contributed by atoms with Gasteiger partial charge < -0.3 is 14.6 Å². The van der Waals surface area contributed by atoms with Gasteiger partial charge in [0.05, 0.1) is 12.6 Å². The Kier molecular flexibility index (Phi) is 4.34. The van der Waals surface area contributed by atoms with Crippen LogP contribution in [0.2, 0.25) is 0 Å². The number of carbonyl (C=O) groups excluding carboxylic acids is 2. The molecule has 1 aromatic heterocycles. The molecule has 0 bridgehead atoms. The third-order valence-electron chi connectivity index (χ3n) is 3.10. The van der Waals surface area contributed by atoms with E-state index < -0.39 is 16.7 Å². The van der Waals surface area contributed by atoms with Crippen LogP contribution in [0.1, 0.15) is 29.8 Å². The standard InChI is InChI=1S/C12H15N3O5/c16-10(14-6-2-1-3-7-14)8-13-12(17)9-4-5-11(20-9)15(18)19/h4-5H,1-3,6-8H2,(H,13,17). The molecule has 1 aliphatic rings. The molecule has 108 valence electrons. The van der Waals surface area contributed by atoms with Gasteiger partial charge in [0, 0.05) is 13.1 Å². The van der Waals surface area contributed by atoms with E-state index in [-0.39, 0.29) is 18.2 Å². The minimum Gasteiger partial charge on any atom is -0.395 e. The van der Waals surface area contributed by atoms with Gasteiger partial charge in [-0.1, -0.05) is 0 Å². The molecule has 1 fully saturated rings. The summed E-state index contributed by atoms with van der Waals surface area (Å²) in [4.78, 5) is 34.9. The van der Waals surface area contributed by atoms with E-state index in [1.165, 1.54) is 6.07 Å². The Bertz CT molecular complexity index is 519. The summed E-state index contributed by atoms with van der Waals surface area (Å²) in [6.45, 7) is 1.29. The average Bonchev–Trinajstić information content (AvgIpc) is 2.95. The van der Waals surface area contributed by atoms with Crippen LogP contribution in [0.3, 0.4) is 0 Å². The van der Waals surface area contributed by atoms with Gasteiger partial charge in [0.15, 0.2) is 5.76 Å². The Morgan fingerprint density at radius 3 is 2.60 bits per heavy atom. The van der Waals surface area contributed by atoms with Crippen molar-refractivity contribution in [1.29, 1.82) is 0 Å². The maximum atomic E-state index is 11.8. The molecule has 0 spiro atoms. The fourth-order valence-electron chi connectivity index (χ4n) is 2.05. The zero-order chi connectivity index (χ0) is 14.5. The first-order chi connectivity index (χ1) is 9.58. The van der Waals surface area contributed by atoms with E-state index in [2.05, 4.69) is 5.32 Å². The maximum Gasteiger partial charge on any atom is 0.433 e. The molecule has 8 nitrogen and oxygen atoms in total. The molecule has 0 radical (unpaired) electrons. The van der Waals surface area contributed by atoms with Crippen molar-refractivity contribution >= 4 is 17.7 Å². The SMILES string of the molecule is O=C(NCC(=O)N1CCCCC1)c1ccc([N+](=O)[O-])o1. The fourth-order valence-corrected chi connectivity index (χ4v) is 2.05. The highest BCUT2D eigenvalue weighted by Gasteiger charge is 2.20. The van der Waals surface area contributed by atoms with E-state index in [0.717, 1.165) is 25.3 Å². The van der Waals surface area contributed by atoms with Crippen molar-refractivity contribution in [3.8, 4) is 0 Å². The van der Waals surface area contributed by atoms with Crippen LogP contribution in [0.4, 0.5) is 5.88 Å². The van der Waals surface area contributed by atoms with E-state index in [1.54, 1.807) is 4.90 Å². The first-order valence-electron chi connectivity index (χ1n) is 6.38. The number of piperidine rings is 1. The molecule has 1 saturated heterocycles. The lowest BCUT2D eigenvalue weighted by molar-refractivity contribution is -0.402. The predicted octanol–water partition coefficient (Wildman–Crippen LogP) is 0.930. The van der Waals surface area contributed by atoms with Gasteiger partial charge in [0.2, 0.25) is 5.91 Å². The van der Waals surface area contributed by atoms with Gasteiger partial charge in [-0.2, -0.15) is 0 Å². The Morgan fingerprint density at radius 2 is 2.00 bits per heavy atom. The average molecular weight is 281 g/mol. The van der Waals surface area contributed by atoms with E-state index in [4.69, 9.17) is 4.42 Å². The number of likely N-dealkylation sites (tertiary alicyclic amines) is 1. The van der Waals surface area contributed by atoms with Crippen LogP contribution < -0.4 is 5.32 Å². The van der Waals surface area contributed by atoms with E-state index >= 15 is 0 Å². The summed E-state index contributed by atoms with van der Waals surface area (Å²) in [5, 5.41) is 12.8. The second kappa shape index (κ2) is 6.18. The fraction of sp³-hybridized carbons (Fsp3) is 0.500. The minimum atomic E-state index is -0.727. The summed E-state index contributed by atoms with van der Waals surface area (Å²) in [7, 11) is 0. The van der Waals surface area contributed by atoms with Gasteiger partial charge in [-0.15, -0.1) is 0 Å². The summed E-state index contributed by atoms with van der Waals surface area (Å²) in [6, 6.07) is 2.31. The van der Waals surface area contributed by atoms with Gasteiger partial charge in [-0.3, -0.25) is 19.7 Å². The van der Waals surface area contributed by atoms with Crippen LogP contribution in [0, 0.1) is 10.1 Å². The number of carbonyl (C=O) groups is 2. The Balaban J connectivity index is 1.84. The van der Waals surface area contributed by atoms with Crippen LogP contribution >= 0.6 is 0 Å². The molecule has 0 unspecified atom stereocenters. The molecule has 1 N–H and O–H groups in total. The molecule has 2 heterocycles. The topological polar surface area (TPSA) is 106 Å². The first-order valence-corrected chi connectivity index (χ1v) is 6.38. The highest BCUT2D eigenvalue weighted by Crippen LogP contribution is 2.15. The summed E-state index contributed by atoms with van der Waals surface area (Å²) in [6.07, 6.45) is 3.07. The smallest absolute Gasteiger partial charge is 0.395 e. The third kappa shape index (κ3) is 3.34.